The second kappa shape index (κ2) is 9.40. The molecule has 0 radical (unpaired) electrons. The van der Waals surface area contributed by atoms with Gasteiger partial charge in [0, 0.05) is 13.1 Å². The molecule has 0 aliphatic rings. The summed E-state index contributed by atoms with van der Waals surface area (Å²) in [6.45, 7) is 6.03. The molecule has 1 N–H and O–H groups in total. The first-order valence-corrected chi connectivity index (χ1v) is 11.6. The number of sulfonamides is 1. The maximum Gasteiger partial charge on any atom is 0.261 e. The Labute approximate surface area is 181 Å². The quantitative estimate of drug-likeness (QED) is 0.577. The van der Waals surface area contributed by atoms with Crippen molar-refractivity contribution < 1.29 is 13.2 Å². The molecule has 164 valence electrons. The second-order valence-electron chi connectivity index (χ2n) is 7.14. The van der Waals surface area contributed by atoms with Gasteiger partial charge in [0.1, 0.15) is 6.54 Å². The predicted molar refractivity (Wildman–Crippen MR) is 119 cm³/mol. The van der Waals surface area contributed by atoms with Crippen molar-refractivity contribution in [3.63, 3.8) is 0 Å². The minimum atomic E-state index is -3.53. The van der Waals surface area contributed by atoms with Gasteiger partial charge in [-0.15, -0.1) is 0 Å². The fourth-order valence-electron chi connectivity index (χ4n) is 3.38. The Morgan fingerprint density at radius 3 is 2.39 bits per heavy atom. The molecule has 0 saturated heterocycles. The summed E-state index contributed by atoms with van der Waals surface area (Å²) < 4.78 is 27.9. The molecule has 8 nitrogen and oxygen atoms in total. The van der Waals surface area contributed by atoms with Crippen molar-refractivity contribution in [2.75, 3.05) is 13.1 Å². The third-order valence-corrected chi connectivity index (χ3v) is 7.21. The molecule has 1 aromatic heterocycles. The van der Waals surface area contributed by atoms with Crippen molar-refractivity contribution in [3.8, 4) is 0 Å². The van der Waals surface area contributed by atoms with Crippen molar-refractivity contribution in [1.29, 1.82) is 0 Å². The molecule has 3 aromatic rings. The van der Waals surface area contributed by atoms with Gasteiger partial charge in [-0.25, -0.2) is 13.4 Å². The van der Waals surface area contributed by atoms with Gasteiger partial charge in [0.2, 0.25) is 15.9 Å². The van der Waals surface area contributed by atoms with Crippen LogP contribution in [0.2, 0.25) is 0 Å². The maximum absolute atomic E-state index is 12.6. The number of hydrogen-bond acceptors (Lipinski definition) is 5. The van der Waals surface area contributed by atoms with Crippen LogP contribution in [-0.2, 0) is 21.4 Å². The summed E-state index contributed by atoms with van der Waals surface area (Å²) in [6, 6.07) is 13.1. The summed E-state index contributed by atoms with van der Waals surface area (Å²) in [5.41, 5.74) is 1.06. The molecule has 1 heterocycles. The van der Waals surface area contributed by atoms with Crippen LogP contribution in [0.4, 0.5) is 0 Å². The molecule has 0 spiro atoms. The number of fused-ring (bicyclic) bond motifs is 1. The van der Waals surface area contributed by atoms with Crippen molar-refractivity contribution in [2.24, 2.45) is 0 Å². The summed E-state index contributed by atoms with van der Waals surface area (Å²) in [7, 11) is -3.53. The zero-order valence-electron chi connectivity index (χ0n) is 17.8. The fraction of sp³-hybridized carbons (Fsp3) is 0.318. The lowest BCUT2D eigenvalue weighted by molar-refractivity contribution is -0.122. The largest absolute Gasteiger partial charge is 0.348 e. The number of carbonyl (C=O) groups is 1. The van der Waals surface area contributed by atoms with Gasteiger partial charge in [0.15, 0.2) is 0 Å². The SMILES string of the molecule is CCN(CC)S(=O)(=O)c1ccc([C@H](C)NC(=O)Cn2cnc3ccccc3c2=O)cc1. The number of rotatable bonds is 8. The molecule has 0 bridgehead atoms. The first-order chi connectivity index (χ1) is 14.8. The lowest BCUT2D eigenvalue weighted by Gasteiger charge is -2.19. The van der Waals surface area contributed by atoms with Crippen LogP contribution in [0.5, 0.6) is 0 Å². The Morgan fingerprint density at radius 2 is 1.74 bits per heavy atom. The van der Waals surface area contributed by atoms with E-state index in [-0.39, 0.29) is 28.9 Å². The highest BCUT2D eigenvalue weighted by atomic mass is 32.2. The van der Waals surface area contributed by atoms with Crippen molar-refractivity contribution >= 4 is 26.8 Å². The molecule has 0 aliphatic heterocycles. The van der Waals surface area contributed by atoms with Crippen molar-refractivity contribution in [3.05, 3.63) is 70.8 Å². The number of hydrogen-bond donors (Lipinski definition) is 1. The van der Waals surface area contributed by atoms with Crippen LogP contribution < -0.4 is 10.9 Å². The van der Waals surface area contributed by atoms with Crippen LogP contribution in [0.25, 0.3) is 10.9 Å². The average Bonchev–Trinajstić information content (AvgIpc) is 2.76. The van der Waals surface area contributed by atoms with E-state index in [1.165, 1.54) is 15.2 Å². The number of benzene rings is 2. The van der Waals surface area contributed by atoms with Crippen molar-refractivity contribution in [2.45, 2.75) is 38.3 Å². The van der Waals surface area contributed by atoms with Gasteiger partial charge in [-0.1, -0.05) is 38.1 Å². The molecular weight excluding hydrogens is 416 g/mol. The summed E-state index contributed by atoms with van der Waals surface area (Å²) in [5, 5.41) is 3.29. The molecule has 0 aliphatic carbocycles. The first kappa shape index (κ1) is 22.6. The molecule has 0 fully saturated rings. The minimum absolute atomic E-state index is 0.157. The smallest absolute Gasteiger partial charge is 0.261 e. The molecule has 3 rings (SSSR count). The van der Waals surface area contributed by atoms with Crippen LogP contribution in [-0.4, -0.2) is 41.3 Å². The Balaban J connectivity index is 1.70. The standard InChI is InChI=1S/C22H26N4O4S/c1-4-26(5-2)31(29,30)18-12-10-17(11-13-18)16(3)24-21(27)14-25-15-23-20-9-7-6-8-19(20)22(25)28/h6-13,15-16H,4-5,14H2,1-3H3,(H,24,27)/t16-/m0/s1. The first-order valence-electron chi connectivity index (χ1n) is 10.1. The normalized spacial score (nSPS) is 12.8. The monoisotopic (exact) mass is 442 g/mol. The highest BCUT2D eigenvalue weighted by molar-refractivity contribution is 7.89. The van der Waals surface area contributed by atoms with Crippen molar-refractivity contribution in [1.82, 2.24) is 19.2 Å². The van der Waals surface area contributed by atoms with Gasteiger partial charge in [0.25, 0.3) is 5.56 Å². The van der Waals surface area contributed by atoms with Gasteiger partial charge in [0.05, 0.1) is 28.2 Å². The molecule has 1 atom stereocenters. The summed E-state index contributed by atoms with van der Waals surface area (Å²) in [6.07, 6.45) is 1.36. The average molecular weight is 443 g/mol. The molecule has 0 unspecified atom stereocenters. The molecule has 1 amide bonds. The molecule has 0 saturated carbocycles. The topological polar surface area (TPSA) is 101 Å². The van der Waals surface area contributed by atoms with Crippen LogP contribution in [0, 0.1) is 0 Å². The Hall–Kier alpha value is -3.04. The molecule has 9 heteroatoms. The number of carbonyl (C=O) groups excluding carboxylic acids is 1. The van der Waals surface area contributed by atoms with E-state index < -0.39 is 10.0 Å². The Morgan fingerprint density at radius 1 is 1.10 bits per heavy atom. The molecule has 2 aromatic carbocycles. The highest BCUT2D eigenvalue weighted by Gasteiger charge is 2.21. The number of nitrogens with zero attached hydrogens (tertiary/aromatic N) is 3. The Bertz CT molecular complexity index is 1230. The van der Waals surface area contributed by atoms with Gasteiger partial charge < -0.3 is 5.32 Å². The minimum Gasteiger partial charge on any atom is -0.348 e. The number of aromatic nitrogens is 2. The van der Waals surface area contributed by atoms with E-state index in [4.69, 9.17) is 0 Å². The van der Waals surface area contributed by atoms with E-state index >= 15 is 0 Å². The summed E-state index contributed by atoms with van der Waals surface area (Å²) in [5.74, 6) is -0.341. The second-order valence-corrected chi connectivity index (χ2v) is 9.08. The van der Waals surface area contributed by atoms with E-state index in [1.807, 2.05) is 0 Å². The fourth-order valence-corrected chi connectivity index (χ4v) is 4.84. The number of nitrogens with one attached hydrogen (secondary N) is 1. The summed E-state index contributed by atoms with van der Waals surface area (Å²) in [4.78, 5) is 29.4. The van der Waals surface area contributed by atoms with Crippen LogP contribution in [0.3, 0.4) is 0 Å². The van der Waals surface area contributed by atoms with E-state index in [0.29, 0.717) is 24.0 Å². The van der Waals surface area contributed by atoms with Gasteiger partial charge >= 0.3 is 0 Å². The zero-order valence-corrected chi connectivity index (χ0v) is 18.6. The van der Waals surface area contributed by atoms with E-state index in [0.717, 1.165) is 5.56 Å². The van der Waals surface area contributed by atoms with E-state index in [9.17, 15) is 18.0 Å². The molecular formula is C22H26N4O4S. The maximum atomic E-state index is 12.6. The Kier molecular flexibility index (Phi) is 6.87. The predicted octanol–water partition coefficient (Wildman–Crippen LogP) is 2.30. The van der Waals surface area contributed by atoms with Crippen LogP contribution >= 0.6 is 0 Å². The zero-order chi connectivity index (χ0) is 22.6. The summed E-state index contributed by atoms with van der Waals surface area (Å²) >= 11 is 0. The van der Waals surface area contributed by atoms with Gasteiger partial charge in [-0.3, -0.25) is 14.2 Å². The third kappa shape index (κ3) is 4.83. The van der Waals surface area contributed by atoms with Gasteiger partial charge in [-0.05, 0) is 36.8 Å². The number of amides is 1. The lowest BCUT2D eigenvalue weighted by atomic mass is 10.1. The third-order valence-electron chi connectivity index (χ3n) is 5.15. The number of para-hydroxylation sites is 1. The lowest BCUT2D eigenvalue weighted by Crippen LogP contribution is -2.34. The van der Waals surface area contributed by atoms with E-state index in [1.54, 1.807) is 69.3 Å². The molecule has 31 heavy (non-hydrogen) atoms. The van der Waals surface area contributed by atoms with Gasteiger partial charge in [-0.2, -0.15) is 4.31 Å². The highest BCUT2D eigenvalue weighted by Crippen LogP contribution is 2.19. The van der Waals surface area contributed by atoms with Crippen LogP contribution in [0.15, 0.2) is 64.5 Å². The van der Waals surface area contributed by atoms with E-state index in [2.05, 4.69) is 10.3 Å². The van der Waals surface area contributed by atoms with Crippen LogP contribution in [0.1, 0.15) is 32.4 Å².